The zero-order chi connectivity index (χ0) is 19.5. The van der Waals surface area contributed by atoms with Gasteiger partial charge in [0.1, 0.15) is 6.54 Å². The van der Waals surface area contributed by atoms with Crippen molar-refractivity contribution in [3.8, 4) is 0 Å². The highest BCUT2D eigenvalue weighted by atomic mass is 16.5. The van der Waals surface area contributed by atoms with Crippen LogP contribution in [0.5, 0.6) is 0 Å². The van der Waals surface area contributed by atoms with Gasteiger partial charge in [-0.3, -0.25) is 9.69 Å². The molecule has 7 heteroatoms. The van der Waals surface area contributed by atoms with Crippen LogP contribution in [0.4, 0.5) is 0 Å². The Bertz CT molecular complexity index is 591. The summed E-state index contributed by atoms with van der Waals surface area (Å²) in [5.41, 5.74) is 1.34. The number of likely N-dealkylation sites (N-methyl/N-ethyl adjacent to an activating group) is 1. The molecule has 1 atom stereocenters. The average molecular weight is 376 g/mol. The van der Waals surface area contributed by atoms with Crippen LogP contribution in [-0.4, -0.2) is 81.7 Å². The van der Waals surface area contributed by atoms with Gasteiger partial charge in [0.25, 0.3) is 0 Å². The monoisotopic (exact) mass is 375 g/mol. The number of amides is 1. The van der Waals surface area contributed by atoms with Crippen molar-refractivity contribution in [2.75, 3.05) is 54.0 Å². The number of methoxy groups -OCH3 is 1. The number of rotatable bonds is 8. The van der Waals surface area contributed by atoms with Crippen molar-refractivity contribution >= 4 is 11.9 Å². The molecular weight excluding hydrogens is 342 g/mol. The Morgan fingerprint density at radius 2 is 2.11 bits per heavy atom. The molecule has 1 fully saturated rings. The Balaban J connectivity index is 1.91. The third-order valence-corrected chi connectivity index (χ3v) is 4.57. The fourth-order valence-electron chi connectivity index (χ4n) is 3.06. The fourth-order valence-corrected chi connectivity index (χ4v) is 3.06. The lowest BCUT2D eigenvalue weighted by molar-refractivity contribution is -0.127. The van der Waals surface area contributed by atoms with Gasteiger partial charge >= 0.3 is 0 Å². The lowest BCUT2D eigenvalue weighted by Crippen LogP contribution is -2.51. The summed E-state index contributed by atoms with van der Waals surface area (Å²) in [5, 5.41) is 6.75. The molecule has 7 nitrogen and oxygen atoms in total. The highest BCUT2D eigenvalue weighted by Gasteiger charge is 2.21. The zero-order valence-electron chi connectivity index (χ0n) is 16.8. The van der Waals surface area contributed by atoms with Crippen molar-refractivity contribution in [3.63, 3.8) is 0 Å². The quantitative estimate of drug-likeness (QED) is 0.402. The number of likely N-dealkylation sites (tertiary alicyclic amines) is 1. The van der Waals surface area contributed by atoms with Crippen molar-refractivity contribution in [2.24, 2.45) is 4.99 Å². The SMILES string of the molecule is COCCNC(=NCC(=O)N(C)C)NC1CCCN(Cc2ccccc2)C1. The number of benzene rings is 1. The number of hydrogen-bond donors (Lipinski definition) is 2. The summed E-state index contributed by atoms with van der Waals surface area (Å²) in [6.07, 6.45) is 2.24. The third kappa shape index (κ3) is 7.97. The molecule has 1 aliphatic rings. The Labute approximate surface area is 162 Å². The molecule has 1 aromatic rings. The molecule has 0 radical (unpaired) electrons. The molecule has 2 rings (SSSR count). The largest absolute Gasteiger partial charge is 0.383 e. The molecule has 1 aromatic carbocycles. The van der Waals surface area contributed by atoms with Gasteiger partial charge in [-0.1, -0.05) is 30.3 Å². The highest BCUT2D eigenvalue weighted by Crippen LogP contribution is 2.13. The van der Waals surface area contributed by atoms with E-state index in [0.717, 1.165) is 32.5 Å². The van der Waals surface area contributed by atoms with Crippen LogP contribution in [0.1, 0.15) is 18.4 Å². The maximum Gasteiger partial charge on any atom is 0.243 e. The number of carbonyl (C=O) groups excluding carboxylic acids is 1. The van der Waals surface area contributed by atoms with Crippen LogP contribution >= 0.6 is 0 Å². The first-order valence-corrected chi connectivity index (χ1v) is 9.58. The third-order valence-electron chi connectivity index (χ3n) is 4.57. The predicted octanol–water partition coefficient (Wildman–Crippen LogP) is 0.921. The van der Waals surface area contributed by atoms with Gasteiger partial charge in [-0.05, 0) is 24.9 Å². The van der Waals surface area contributed by atoms with Gasteiger partial charge < -0.3 is 20.3 Å². The second kappa shape index (κ2) is 11.6. The van der Waals surface area contributed by atoms with Crippen LogP contribution < -0.4 is 10.6 Å². The number of guanidine groups is 1. The summed E-state index contributed by atoms with van der Waals surface area (Å²) in [6, 6.07) is 10.9. The number of aliphatic imine (C=N–C) groups is 1. The second-order valence-corrected chi connectivity index (χ2v) is 7.08. The second-order valence-electron chi connectivity index (χ2n) is 7.08. The molecule has 0 saturated carbocycles. The molecule has 0 spiro atoms. The molecule has 1 heterocycles. The van der Waals surface area contributed by atoms with Crippen LogP contribution in [-0.2, 0) is 16.1 Å². The van der Waals surface area contributed by atoms with E-state index in [4.69, 9.17) is 4.74 Å². The Hall–Kier alpha value is -2.12. The van der Waals surface area contributed by atoms with E-state index in [2.05, 4.69) is 44.8 Å². The average Bonchev–Trinajstić information content (AvgIpc) is 2.67. The van der Waals surface area contributed by atoms with Gasteiger partial charge in [-0.2, -0.15) is 0 Å². The van der Waals surface area contributed by atoms with E-state index in [1.165, 1.54) is 5.56 Å². The first kappa shape index (κ1) is 21.2. The van der Waals surface area contributed by atoms with Crippen molar-refractivity contribution in [2.45, 2.75) is 25.4 Å². The molecular formula is C20H33N5O2. The van der Waals surface area contributed by atoms with E-state index in [1.54, 1.807) is 26.1 Å². The number of carbonyl (C=O) groups is 1. The van der Waals surface area contributed by atoms with Gasteiger partial charge in [-0.25, -0.2) is 4.99 Å². The highest BCUT2D eigenvalue weighted by molar-refractivity contribution is 5.84. The van der Waals surface area contributed by atoms with Crippen LogP contribution in [0.15, 0.2) is 35.3 Å². The molecule has 150 valence electrons. The van der Waals surface area contributed by atoms with Crippen molar-refractivity contribution in [1.82, 2.24) is 20.4 Å². The molecule has 1 aliphatic heterocycles. The van der Waals surface area contributed by atoms with E-state index in [1.807, 2.05) is 6.07 Å². The normalized spacial score (nSPS) is 18.2. The van der Waals surface area contributed by atoms with Gasteiger partial charge in [-0.15, -0.1) is 0 Å². The number of ether oxygens (including phenoxy) is 1. The van der Waals surface area contributed by atoms with Gasteiger partial charge in [0.15, 0.2) is 5.96 Å². The Kier molecular flexibility index (Phi) is 9.07. The number of hydrogen-bond acceptors (Lipinski definition) is 4. The van der Waals surface area contributed by atoms with Gasteiger partial charge in [0, 0.05) is 46.9 Å². The molecule has 1 unspecified atom stereocenters. The Morgan fingerprint density at radius 1 is 1.33 bits per heavy atom. The summed E-state index contributed by atoms with van der Waals surface area (Å²) in [6.45, 7) is 4.40. The minimum Gasteiger partial charge on any atom is -0.383 e. The van der Waals surface area contributed by atoms with Gasteiger partial charge in [0.05, 0.1) is 6.61 Å². The van der Waals surface area contributed by atoms with E-state index >= 15 is 0 Å². The van der Waals surface area contributed by atoms with E-state index in [0.29, 0.717) is 25.2 Å². The first-order valence-electron chi connectivity index (χ1n) is 9.58. The van der Waals surface area contributed by atoms with Crippen molar-refractivity contribution in [3.05, 3.63) is 35.9 Å². The van der Waals surface area contributed by atoms with Crippen molar-refractivity contribution < 1.29 is 9.53 Å². The summed E-state index contributed by atoms with van der Waals surface area (Å²) >= 11 is 0. The number of nitrogens with zero attached hydrogens (tertiary/aromatic N) is 3. The lowest BCUT2D eigenvalue weighted by Gasteiger charge is -2.34. The minimum atomic E-state index is -0.0165. The molecule has 1 saturated heterocycles. The number of piperidine rings is 1. The standard InChI is InChI=1S/C20H33N5O2/c1-24(2)19(26)14-22-20(21-11-13-27-3)23-18-10-7-12-25(16-18)15-17-8-5-4-6-9-17/h4-6,8-9,18H,7,10-16H2,1-3H3,(H2,21,22,23). The minimum absolute atomic E-state index is 0.0165. The molecule has 0 bridgehead atoms. The van der Waals surface area contributed by atoms with E-state index < -0.39 is 0 Å². The first-order chi connectivity index (χ1) is 13.1. The maximum absolute atomic E-state index is 11.9. The maximum atomic E-state index is 11.9. The lowest BCUT2D eigenvalue weighted by atomic mass is 10.0. The number of nitrogens with one attached hydrogen (secondary N) is 2. The smallest absolute Gasteiger partial charge is 0.243 e. The summed E-state index contributed by atoms with van der Waals surface area (Å²) in [5.74, 6) is 0.658. The summed E-state index contributed by atoms with van der Waals surface area (Å²) < 4.78 is 5.10. The van der Waals surface area contributed by atoms with Crippen LogP contribution in [0.25, 0.3) is 0 Å². The summed E-state index contributed by atoms with van der Waals surface area (Å²) in [7, 11) is 5.15. The zero-order valence-corrected chi connectivity index (χ0v) is 16.8. The topological polar surface area (TPSA) is 69.2 Å². The van der Waals surface area contributed by atoms with E-state index in [9.17, 15) is 4.79 Å². The molecule has 1 amide bonds. The van der Waals surface area contributed by atoms with Crippen LogP contribution in [0.2, 0.25) is 0 Å². The van der Waals surface area contributed by atoms with E-state index in [-0.39, 0.29) is 12.5 Å². The summed E-state index contributed by atoms with van der Waals surface area (Å²) in [4.78, 5) is 20.3. The molecule has 27 heavy (non-hydrogen) atoms. The molecule has 0 aliphatic carbocycles. The fraction of sp³-hybridized carbons (Fsp3) is 0.600. The molecule has 0 aromatic heterocycles. The molecule has 2 N–H and O–H groups in total. The van der Waals surface area contributed by atoms with Crippen molar-refractivity contribution in [1.29, 1.82) is 0 Å². The Morgan fingerprint density at radius 3 is 2.81 bits per heavy atom. The predicted molar refractivity (Wildman–Crippen MR) is 109 cm³/mol. The van der Waals surface area contributed by atoms with Gasteiger partial charge in [0.2, 0.25) is 5.91 Å². The van der Waals surface area contributed by atoms with Crippen LogP contribution in [0, 0.1) is 0 Å². The van der Waals surface area contributed by atoms with Crippen LogP contribution in [0.3, 0.4) is 0 Å².